The number of hydrogen-bond donors (Lipinski definition) is 4. The minimum Gasteiger partial charge on any atom is -0.595 e. The first kappa shape index (κ1) is 24.5. The van der Waals surface area contributed by atoms with Crippen molar-refractivity contribution in [3.8, 4) is 11.8 Å². The molecule has 5 aromatic rings. The van der Waals surface area contributed by atoms with Crippen molar-refractivity contribution in [1.82, 2.24) is 15.0 Å². The summed E-state index contributed by atoms with van der Waals surface area (Å²) in [6.07, 6.45) is 1.40. The number of hydrogen-bond acceptors (Lipinski definition) is 9. The van der Waals surface area contributed by atoms with Crippen molar-refractivity contribution < 1.29 is 15.2 Å². The minimum absolute atomic E-state index is 0.0587. The van der Waals surface area contributed by atoms with Crippen LogP contribution in [-0.2, 0) is 0 Å². The standard InChI is InChI=1S/C25H17ClN6O4S/c1-36-21-10-19-16(9-20(21)32(34)35)23(13(11-27)12-28-19)29-14-6-7-22(17(26)8-14)37-25-30-18-5-3-2-4-15(18)24(33)31-25/h2-10,12,32,34H,1H3,(H,28,29)(H,30,31,33). The monoisotopic (exact) mass is 532 g/mol. The lowest BCUT2D eigenvalue weighted by Crippen LogP contribution is -2.99. The molecule has 184 valence electrons. The van der Waals surface area contributed by atoms with E-state index in [0.717, 1.165) is 0 Å². The highest BCUT2D eigenvalue weighted by atomic mass is 35.5. The first-order valence-corrected chi connectivity index (χ1v) is 11.9. The minimum atomic E-state index is -1.17. The van der Waals surface area contributed by atoms with Crippen LogP contribution in [0.1, 0.15) is 5.56 Å². The first-order valence-electron chi connectivity index (χ1n) is 10.8. The molecule has 0 spiro atoms. The quantitative estimate of drug-likeness (QED) is 0.185. The van der Waals surface area contributed by atoms with Crippen molar-refractivity contribution in [2.75, 3.05) is 12.4 Å². The Hall–Kier alpha value is -4.18. The zero-order chi connectivity index (χ0) is 26.1. The number of H-pyrrole nitrogens is 1. The lowest BCUT2D eigenvalue weighted by molar-refractivity contribution is -0.991. The molecule has 0 bridgehead atoms. The fourth-order valence-electron chi connectivity index (χ4n) is 3.80. The Morgan fingerprint density at radius 3 is 2.73 bits per heavy atom. The Morgan fingerprint density at radius 2 is 2.00 bits per heavy atom. The van der Waals surface area contributed by atoms with Gasteiger partial charge in [-0.25, -0.2) is 10.2 Å². The lowest BCUT2D eigenvalue weighted by atomic mass is 10.1. The van der Waals surface area contributed by atoms with Gasteiger partial charge in [0.1, 0.15) is 6.07 Å². The highest BCUT2D eigenvalue weighted by Gasteiger charge is 2.18. The van der Waals surface area contributed by atoms with Gasteiger partial charge in [-0.15, -0.1) is 0 Å². The number of halogens is 1. The summed E-state index contributed by atoms with van der Waals surface area (Å²) >= 11 is 7.76. The van der Waals surface area contributed by atoms with Gasteiger partial charge in [0.05, 0.1) is 39.8 Å². The van der Waals surface area contributed by atoms with E-state index >= 15 is 0 Å². The van der Waals surface area contributed by atoms with Crippen LogP contribution in [0.15, 0.2) is 75.6 Å². The fraction of sp³-hybridized carbons (Fsp3) is 0.0400. The smallest absolute Gasteiger partial charge is 0.259 e. The van der Waals surface area contributed by atoms with Gasteiger partial charge in [0.25, 0.3) is 5.56 Å². The van der Waals surface area contributed by atoms with Crippen LogP contribution < -0.4 is 20.8 Å². The van der Waals surface area contributed by atoms with Crippen LogP contribution in [0.4, 0.5) is 17.1 Å². The van der Waals surface area contributed by atoms with E-state index < -0.39 is 5.23 Å². The van der Waals surface area contributed by atoms with Gasteiger partial charge in [-0.05, 0) is 30.3 Å². The van der Waals surface area contributed by atoms with Crippen LogP contribution in [0.3, 0.4) is 0 Å². The third-order valence-corrected chi connectivity index (χ3v) is 6.93. The molecule has 0 aliphatic rings. The average molecular weight is 533 g/mol. The highest BCUT2D eigenvalue weighted by Crippen LogP contribution is 2.37. The van der Waals surface area contributed by atoms with E-state index in [2.05, 4.69) is 26.3 Å². The van der Waals surface area contributed by atoms with Crippen LogP contribution in [0.5, 0.6) is 5.75 Å². The SMILES string of the molecule is COc1cc2ncc(C#N)c(Nc3ccc(Sc4nc5ccccc5c(=O)[nH]4)c(Cl)c3)c2cc1[NH+]([O-])O. The normalized spacial score (nSPS) is 11.9. The van der Waals surface area contributed by atoms with E-state index in [1.165, 1.54) is 37.2 Å². The number of methoxy groups -OCH3 is 1. The van der Waals surface area contributed by atoms with Gasteiger partial charge in [0.2, 0.25) is 5.69 Å². The molecule has 5 rings (SSSR count). The number of para-hydroxylation sites is 1. The lowest BCUT2D eigenvalue weighted by Gasteiger charge is -2.17. The number of aromatic nitrogens is 3. The molecule has 0 aliphatic heterocycles. The number of nitrogens with zero attached hydrogens (tertiary/aromatic N) is 3. The molecule has 1 atom stereocenters. The summed E-state index contributed by atoms with van der Waals surface area (Å²) in [6.45, 7) is 0. The van der Waals surface area contributed by atoms with Crippen LogP contribution in [0, 0.1) is 16.5 Å². The largest absolute Gasteiger partial charge is 0.595 e. The predicted molar refractivity (Wildman–Crippen MR) is 140 cm³/mol. The van der Waals surface area contributed by atoms with Gasteiger partial charge in [0, 0.05) is 34.3 Å². The number of anilines is 2. The molecule has 1 unspecified atom stereocenters. The fourth-order valence-corrected chi connectivity index (χ4v) is 4.88. The predicted octanol–water partition coefficient (Wildman–Crippen LogP) is 4.30. The zero-order valence-corrected chi connectivity index (χ0v) is 20.6. The summed E-state index contributed by atoms with van der Waals surface area (Å²) in [6, 6.07) is 17.2. The summed E-state index contributed by atoms with van der Waals surface area (Å²) in [5.74, 6) is 0.160. The molecule has 4 N–H and O–H groups in total. The Morgan fingerprint density at radius 1 is 1.19 bits per heavy atom. The summed E-state index contributed by atoms with van der Waals surface area (Å²) in [5.41, 5.74) is 1.90. The Balaban J connectivity index is 1.50. The number of nitrogens with one attached hydrogen (secondary N) is 3. The van der Waals surface area contributed by atoms with Gasteiger partial charge >= 0.3 is 0 Å². The van der Waals surface area contributed by atoms with Crippen LogP contribution in [-0.4, -0.2) is 27.3 Å². The molecule has 0 radical (unpaired) electrons. The second kappa shape index (κ2) is 10.1. The molecular formula is C25H17ClN6O4S. The van der Waals surface area contributed by atoms with Gasteiger partial charge in [-0.2, -0.15) is 10.5 Å². The third kappa shape index (κ3) is 4.79. The van der Waals surface area contributed by atoms with Gasteiger partial charge in [-0.3, -0.25) is 9.78 Å². The number of benzene rings is 3. The van der Waals surface area contributed by atoms with Crippen LogP contribution in [0.25, 0.3) is 21.8 Å². The maximum atomic E-state index is 12.4. The zero-order valence-electron chi connectivity index (χ0n) is 19.1. The molecule has 0 saturated carbocycles. The first-order chi connectivity index (χ1) is 17.9. The summed E-state index contributed by atoms with van der Waals surface area (Å²) in [7, 11) is 1.38. The van der Waals surface area contributed by atoms with Crippen molar-refractivity contribution in [3.63, 3.8) is 0 Å². The van der Waals surface area contributed by atoms with E-state index in [0.29, 0.717) is 48.3 Å². The second-order valence-corrected chi connectivity index (χ2v) is 9.23. The van der Waals surface area contributed by atoms with Gasteiger partial charge < -0.3 is 20.2 Å². The molecule has 2 heterocycles. The van der Waals surface area contributed by atoms with Crippen molar-refractivity contribution in [1.29, 1.82) is 5.26 Å². The Bertz CT molecular complexity index is 1770. The van der Waals surface area contributed by atoms with E-state index in [4.69, 9.17) is 16.3 Å². The van der Waals surface area contributed by atoms with Crippen LogP contribution in [0.2, 0.25) is 5.02 Å². The summed E-state index contributed by atoms with van der Waals surface area (Å²) < 4.78 is 5.18. The van der Waals surface area contributed by atoms with Crippen LogP contribution >= 0.6 is 23.4 Å². The number of aromatic amines is 1. The molecule has 0 fully saturated rings. The number of ether oxygens (including phenoxy) is 1. The van der Waals surface area contributed by atoms with Crippen molar-refractivity contribution >= 4 is 62.2 Å². The summed E-state index contributed by atoms with van der Waals surface area (Å²) in [5, 5.41) is 34.7. The molecule has 0 amide bonds. The summed E-state index contributed by atoms with van der Waals surface area (Å²) in [4.78, 5) is 24.6. The van der Waals surface area contributed by atoms with Gasteiger partial charge in [-0.1, -0.05) is 35.5 Å². The third-order valence-electron chi connectivity index (χ3n) is 5.54. The molecular weight excluding hydrogens is 516 g/mol. The molecule has 2 aromatic heterocycles. The maximum Gasteiger partial charge on any atom is 0.259 e. The Kier molecular flexibility index (Phi) is 6.66. The molecule has 0 saturated heterocycles. The second-order valence-electron chi connectivity index (χ2n) is 7.79. The molecule has 3 aromatic carbocycles. The van der Waals surface area contributed by atoms with E-state index in [1.54, 1.807) is 36.4 Å². The van der Waals surface area contributed by atoms with E-state index in [1.807, 2.05) is 6.07 Å². The number of pyridine rings is 1. The van der Waals surface area contributed by atoms with E-state index in [9.17, 15) is 20.5 Å². The number of quaternary nitrogens is 1. The topological polar surface area (TPSA) is 151 Å². The number of fused-ring (bicyclic) bond motifs is 2. The number of rotatable bonds is 6. The van der Waals surface area contributed by atoms with Crippen molar-refractivity contribution in [2.45, 2.75) is 10.1 Å². The molecule has 12 heteroatoms. The average Bonchev–Trinajstić information content (AvgIpc) is 2.89. The van der Waals surface area contributed by atoms with Crippen molar-refractivity contribution in [2.24, 2.45) is 0 Å². The highest BCUT2D eigenvalue weighted by molar-refractivity contribution is 7.99. The van der Waals surface area contributed by atoms with Gasteiger partial charge in [0.15, 0.2) is 10.9 Å². The van der Waals surface area contributed by atoms with E-state index in [-0.39, 0.29) is 22.6 Å². The van der Waals surface area contributed by atoms with Crippen molar-refractivity contribution in [3.05, 3.63) is 86.9 Å². The Labute approximate surface area is 218 Å². The molecule has 10 nitrogen and oxygen atoms in total. The number of nitriles is 1. The molecule has 0 aliphatic carbocycles. The maximum absolute atomic E-state index is 12.4. The molecule has 37 heavy (non-hydrogen) atoms.